The maximum Gasteiger partial charge on any atom is 0.0730 e. The third-order valence-electron chi connectivity index (χ3n) is 19.3. The van der Waals surface area contributed by atoms with Crippen molar-refractivity contribution < 1.29 is 0 Å². The summed E-state index contributed by atoms with van der Waals surface area (Å²) in [6.45, 7) is 13.4. The second-order valence-corrected chi connectivity index (χ2v) is 23.7. The number of fused-ring (bicyclic) bond motifs is 30. The van der Waals surface area contributed by atoms with Crippen LogP contribution >= 0.6 is 0 Å². The fourth-order valence-electron chi connectivity index (χ4n) is 16.4. The van der Waals surface area contributed by atoms with Crippen molar-refractivity contribution in [2.45, 2.75) is 57.8 Å². The maximum absolute atomic E-state index is 2.41. The van der Waals surface area contributed by atoms with Crippen molar-refractivity contribution in [1.29, 1.82) is 0 Å². The van der Waals surface area contributed by atoms with Gasteiger partial charge in [0.2, 0.25) is 0 Å². The predicted octanol–water partition coefficient (Wildman–Crippen LogP) is 19.9. The smallest absolute Gasteiger partial charge is 0.0619 e. The summed E-state index contributed by atoms with van der Waals surface area (Å²) in [6, 6.07) is 95.3. The molecule has 0 atom stereocenters. The van der Waals surface area contributed by atoms with E-state index in [1.807, 2.05) is 0 Å². The van der Waals surface area contributed by atoms with Gasteiger partial charge in [-0.05, 0) is 186 Å². The summed E-state index contributed by atoms with van der Waals surface area (Å²) in [4.78, 5) is 0. The minimum absolute atomic E-state index is 0.199. The molecule has 0 fully saturated rings. The Balaban J connectivity index is 0.000000100. The quantitative estimate of drug-likeness (QED) is 0.142. The average molecular weight is 1030 g/mol. The van der Waals surface area contributed by atoms with Crippen molar-refractivity contribution in [3.05, 3.63) is 355 Å². The molecular formula is C81H60. The summed E-state index contributed by atoms with van der Waals surface area (Å²) in [5, 5.41) is 0. The summed E-state index contributed by atoms with van der Waals surface area (Å²) < 4.78 is 0. The monoisotopic (exact) mass is 1030 g/mol. The van der Waals surface area contributed by atoms with Gasteiger partial charge in [0, 0.05) is 0 Å². The van der Waals surface area contributed by atoms with Gasteiger partial charge in [0.15, 0.2) is 0 Å². The first-order valence-electron chi connectivity index (χ1n) is 28.9. The molecule has 18 rings (SSSR count). The van der Waals surface area contributed by atoms with E-state index in [2.05, 4.69) is 296 Å². The molecule has 0 saturated carbocycles. The van der Waals surface area contributed by atoms with E-state index in [4.69, 9.17) is 0 Å². The minimum atomic E-state index is -0.200. The van der Waals surface area contributed by atoms with Gasteiger partial charge in [-0.1, -0.05) is 277 Å². The van der Waals surface area contributed by atoms with E-state index < -0.39 is 0 Å². The van der Waals surface area contributed by atoms with Crippen molar-refractivity contribution in [2.24, 2.45) is 0 Å². The molecule has 384 valence electrons. The van der Waals surface area contributed by atoms with Crippen LogP contribution in [0.25, 0.3) is 66.8 Å². The molecule has 0 unspecified atom stereocenters. The number of aryl methyl sites for hydroxylation is 6. The van der Waals surface area contributed by atoms with Gasteiger partial charge in [-0.25, -0.2) is 0 Å². The lowest BCUT2D eigenvalue weighted by Gasteiger charge is -2.32. The third kappa shape index (κ3) is 6.15. The summed E-state index contributed by atoms with van der Waals surface area (Å²) in [6.07, 6.45) is 0. The molecule has 0 bridgehead atoms. The normalized spacial score (nSPS) is 14.6. The molecule has 6 aliphatic carbocycles. The molecule has 0 heteroatoms. The topological polar surface area (TPSA) is 0 Å². The molecule has 6 aliphatic rings. The number of hydrogen-bond donors (Lipinski definition) is 0. The van der Waals surface area contributed by atoms with Crippen molar-refractivity contribution in [3.63, 3.8) is 0 Å². The summed E-state index contributed by atoms with van der Waals surface area (Å²) in [5.41, 5.74) is 41.1. The summed E-state index contributed by atoms with van der Waals surface area (Å²) in [7, 11) is 0. The highest BCUT2D eigenvalue weighted by Crippen LogP contribution is 2.66. The van der Waals surface area contributed by atoms with Crippen LogP contribution in [-0.2, 0) is 16.2 Å². The van der Waals surface area contributed by atoms with Crippen molar-refractivity contribution in [2.75, 3.05) is 0 Å². The molecule has 12 aromatic carbocycles. The number of rotatable bonds is 0. The highest BCUT2D eigenvalue weighted by molar-refractivity contribution is 5.99. The van der Waals surface area contributed by atoms with Gasteiger partial charge >= 0.3 is 0 Å². The van der Waals surface area contributed by atoms with Crippen molar-refractivity contribution >= 4 is 0 Å². The highest BCUT2D eigenvalue weighted by atomic mass is 14.6. The molecule has 0 radical (unpaired) electrons. The lowest BCUT2D eigenvalue weighted by Crippen LogP contribution is -2.27. The van der Waals surface area contributed by atoms with Crippen LogP contribution < -0.4 is 0 Å². The Kier molecular flexibility index (Phi) is 10.2. The molecular weight excluding hydrogens is 973 g/mol. The Morgan fingerprint density at radius 1 is 0.173 bits per heavy atom. The lowest BCUT2D eigenvalue weighted by atomic mass is 9.68. The van der Waals surface area contributed by atoms with Crippen molar-refractivity contribution in [1.82, 2.24) is 0 Å². The van der Waals surface area contributed by atoms with Gasteiger partial charge in [-0.2, -0.15) is 0 Å². The van der Waals surface area contributed by atoms with Crippen LogP contribution in [0, 0.1) is 41.5 Å². The molecule has 81 heavy (non-hydrogen) atoms. The Hall–Kier alpha value is -9.36. The van der Waals surface area contributed by atoms with Crippen LogP contribution in [0.5, 0.6) is 0 Å². The molecule has 0 amide bonds. The highest BCUT2D eigenvalue weighted by Gasteiger charge is 2.55. The van der Waals surface area contributed by atoms with Crippen LogP contribution in [0.1, 0.15) is 100 Å². The van der Waals surface area contributed by atoms with Crippen LogP contribution in [0.3, 0.4) is 0 Å². The van der Waals surface area contributed by atoms with Gasteiger partial charge in [0.25, 0.3) is 0 Å². The Morgan fingerprint density at radius 3 is 0.654 bits per heavy atom. The van der Waals surface area contributed by atoms with E-state index in [0.29, 0.717) is 0 Å². The first-order chi connectivity index (χ1) is 39.7. The molecule has 0 heterocycles. The van der Waals surface area contributed by atoms with Crippen LogP contribution in [-0.4, -0.2) is 0 Å². The Bertz CT molecular complexity index is 4320. The molecule has 0 nitrogen and oxygen atoms in total. The van der Waals surface area contributed by atoms with Crippen LogP contribution in [0.15, 0.2) is 255 Å². The largest absolute Gasteiger partial charge is 0.0730 e. The van der Waals surface area contributed by atoms with Crippen LogP contribution in [0.2, 0.25) is 0 Å². The third-order valence-corrected chi connectivity index (χ3v) is 19.3. The van der Waals surface area contributed by atoms with E-state index in [0.717, 1.165) is 0 Å². The van der Waals surface area contributed by atoms with Gasteiger partial charge < -0.3 is 0 Å². The van der Waals surface area contributed by atoms with Gasteiger partial charge in [-0.15, -0.1) is 0 Å². The van der Waals surface area contributed by atoms with E-state index in [9.17, 15) is 0 Å². The maximum atomic E-state index is 2.41. The second-order valence-electron chi connectivity index (χ2n) is 23.7. The zero-order valence-corrected chi connectivity index (χ0v) is 46.7. The number of hydrogen-bond acceptors (Lipinski definition) is 0. The average Bonchev–Trinajstić information content (AvgIpc) is 4.38. The predicted molar refractivity (Wildman–Crippen MR) is 337 cm³/mol. The SMILES string of the molecule is Cc1ccc2c(c1)C1(c3ccccc3-2)c2ccccc2-c2ccc(C)cc21.Cc1ccc2c(c1)C1(c3ccccc3-c3ccccc31)c1cc(C)ccc1-2.Cc1cccc2c1C1(c3ccccc3-2)c2ccccc2-c2cccc(C)c21. The summed E-state index contributed by atoms with van der Waals surface area (Å²) in [5.74, 6) is 0. The molecule has 0 N–H and O–H groups in total. The fourth-order valence-corrected chi connectivity index (χ4v) is 16.4. The van der Waals surface area contributed by atoms with Gasteiger partial charge in [-0.3, -0.25) is 0 Å². The molecule has 0 saturated heterocycles. The Morgan fingerprint density at radius 2 is 0.383 bits per heavy atom. The standard InChI is InChI=1S/3C27H20/c1-17-9-7-13-21-19-11-3-5-15-23(19)27(25(17)21)24-16-6-4-12-20(24)22-14-8-10-18(2)26(22)27;1-17-11-13-21-19-7-3-5-9-23(19)27(25(21)15-17)24-10-6-4-8-20(24)22-14-12-18(2)16-26(22)27;1-17-11-13-21-22-14-12-18(2)16-26(22)27(25(21)15-17)23-9-5-3-7-19(23)20-8-4-6-10-24(20)27/h3*3-16H,1-2H3. The second kappa shape index (κ2) is 17.3. The van der Waals surface area contributed by atoms with E-state index >= 15 is 0 Å². The van der Waals surface area contributed by atoms with E-state index in [-0.39, 0.29) is 16.2 Å². The molecule has 12 aromatic rings. The number of benzene rings is 12. The minimum Gasteiger partial charge on any atom is -0.0619 e. The first kappa shape index (κ1) is 47.6. The van der Waals surface area contributed by atoms with Gasteiger partial charge in [0.05, 0.1) is 16.2 Å². The molecule has 0 aromatic heterocycles. The zero-order chi connectivity index (χ0) is 54.5. The zero-order valence-electron chi connectivity index (χ0n) is 46.7. The summed E-state index contributed by atoms with van der Waals surface area (Å²) >= 11 is 0. The lowest BCUT2D eigenvalue weighted by molar-refractivity contribution is 0.779. The van der Waals surface area contributed by atoms with Gasteiger partial charge in [0.1, 0.15) is 0 Å². The van der Waals surface area contributed by atoms with E-state index in [1.165, 1.54) is 167 Å². The van der Waals surface area contributed by atoms with Crippen molar-refractivity contribution in [3.8, 4) is 66.8 Å². The van der Waals surface area contributed by atoms with E-state index in [1.54, 1.807) is 0 Å². The molecule has 0 aliphatic heterocycles. The molecule has 3 spiro atoms. The Labute approximate surface area is 476 Å². The van der Waals surface area contributed by atoms with Crippen LogP contribution in [0.4, 0.5) is 0 Å². The first-order valence-corrected chi connectivity index (χ1v) is 28.9. The fraction of sp³-hybridized carbons (Fsp3) is 0.111.